The molecule has 0 saturated heterocycles. The fourth-order valence-electron chi connectivity index (χ4n) is 0.898. The smallest absolute Gasteiger partial charge is 0.146 e. The molecule has 1 heterocycles. The highest BCUT2D eigenvalue weighted by molar-refractivity contribution is 5.85. The Morgan fingerprint density at radius 2 is 2.08 bits per heavy atom. The van der Waals surface area contributed by atoms with Gasteiger partial charge in [-0.1, -0.05) is 0 Å². The highest BCUT2D eigenvalue weighted by Crippen LogP contribution is 2.18. The number of aromatic nitrogens is 1. The van der Waals surface area contributed by atoms with E-state index in [0.29, 0.717) is 5.56 Å². The van der Waals surface area contributed by atoms with Crippen molar-refractivity contribution in [3.8, 4) is 0 Å². The molecule has 2 nitrogen and oxygen atoms in total. The monoisotopic (exact) mass is 190 g/mol. The maximum absolute atomic E-state index is 12.9. The molecule has 0 fully saturated rings. The van der Waals surface area contributed by atoms with E-state index in [0.717, 1.165) is 0 Å². The fourth-order valence-corrected chi connectivity index (χ4v) is 0.898. The van der Waals surface area contributed by atoms with E-state index in [4.69, 9.17) is 5.73 Å². The third kappa shape index (κ3) is 2.43. The second kappa shape index (κ2) is 3.83. The van der Waals surface area contributed by atoms with Gasteiger partial charge in [0, 0.05) is 17.3 Å². The van der Waals surface area contributed by atoms with E-state index in [1.54, 1.807) is 19.9 Å². The Morgan fingerprint density at radius 3 is 2.42 bits per heavy atom. The molecule has 0 aliphatic rings. The first-order chi connectivity index (χ1) is 5.02. The van der Waals surface area contributed by atoms with Crippen molar-refractivity contribution in [2.24, 2.45) is 5.73 Å². The van der Waals surface area contributed by atoms with Gasteiger partial charge in [0.15, 0.2) is 0 Å². The minimum absolute atomic E-state index is 0. The maximum Gasteiger partial charge on any atom is 0.146 e. The van der Waals surface area contributed by atoms with E-state index >= 15 is 0 Å². The second-order valence-corrected chi connectivity index (χ2v) is 3.08. The summed E-state index contributed by atoms with van der Waals surface area (Å²) in [6, 6.07) is 1.59. The van der Waals surface area contributed by atoms with Gasteiger partial charge in [0.25, 0.3) is 0 Å². The van der Waals surface area contributed by atoms with E-state index in [2.05, 4.69) is 4.98 Å². The highest BCUT2D eigenvalue weighted by atomic mass is 35.5. The molecule has 0 spiro atoms. The highest BCUT2D eigenvalue weighted by Gasteiger charge is 2.17. The maximum atomic E-state index is 12.9. The summed E-state index contributed by atoms with van der Waals surface area (Å²) >= 11 is 0. The van der Waals surface area contributed by atoms with E-state index < -0.39 is 5.54 Å². The summed E-state index contributed by atoms with van der Waals surface area (Å²) in [5.41, 5.74) is 5.55. The summed E-state index contributed by atoms with van der Waals surface area (Å²) < 4.78 is 12.9. The minimum Gasteiger partial charge on any atom is -0.322 e. The molecule has 0 aliphatic heterocycles. The standard InChI is InChI=1S/C8H11FN2.ClH/c1-8(2,10)6-3-4-11-5-7(6)9;/h3-5H,10H2,1-2H3;1H. The summed E-state index contributed by atoms with van der Waals surface area (Å²) in [6.45, 7) is 3.51. The van der Waals surface area contributed by atoms with Gasteiger partial charge in [-0.3, -0.25) is 4.98 Å². The predicted molar refractivity (Wildman–Crippen MR) is 48.7 cm³/mol. The average Bonchev–Trinajstić information content (AvgIpc) is 1.86. The minimum atomic E-state index is -0.632. The van der Waals surface area contributed by atoms with Crippen molar-refractivity contribution in [1.29, 1.82) is 0 Å². The van der Waals surface area contributed by atoms with Crippen LogP contribution >= 0.6 is 12.4 Å². The van der Waals surface area contributed by atoms with Gasteiger partial charge in [-0.15, -0.1) is 12.4 Å². The first-order valence-electron chi connectivity index (χ1n) is 3.40. The molecule has 0 aromatic carbocycles. The molecule has 0 unspecified atom stereocenters. The Morgan fingerprint density at radius 1 is 1.50 bits per heavy atom. The molecule has 0 amide bonds. The van der Waals surface area contributed by atoms with Crippen molar-refractivity contribution < 1.29 is 4.39 Å². The Hall–Kier alpha value is -0.670. The molecule has 4 heteroatoms. The first-order valence-corrected chi connectivity index (χ1v) is 3.40. The summed E-state index contributed by atoms with van der Waals surface area (Å²) in [7, 11) is 0. The molecular weight excluding hydrogens is 179 g/mol. The molecule has 1 aromatic heterocycles. The lowest BCUT2D eigenvalue weighted by Crippen LogP contribution is -2.29. The normalized spacial score (nSPS) is 10.7. The molecule has 68 valence electrons. The van der Waals surface area contributed by atoms with Gasteiger partial charge in [0.1, 0.15) is 5.82 Å². The number of nitrogens with two attached hydrogens (primary N) is 1. The topological polar surface area (TPSA) is 38.9 Å². The zero-order chi connectivity index (χ0) is 8.48. The molecule has 0 aliphatic carbocycles. The van der Waals surface area contributed by atoms with Crippen LogP contribution in [-0.4, -0.2) is 4.98 Å². The lowest BCUT2D eigenvalue weighted by molar-refractivity contribution is 0.498. The Labute approximate surface area is 77.4 Å². The molecule has 0 saturated carbocycles. The van der Waals surface area contributed by atoms with Crippen molar-refractivity contribution >= 4 is 12.4 Å². The largest absolute Gasteiger partial charge is 0.322 e. The number of rotatable bonds is 1. The predicted octanol–water partition coefficient (Wildman–Crippen LogP) is 1.84. The van der Waals surface area contributed by atoms with Crippen molar-refractivity contribution in [1.82, 2.24) is 4.98 Å². The molecule has 2 N–H and O–H groups in total. The van der Waals surface area contributed by atoms with E-state index in [1.807, 2.05) is 0 Å². The van der Waals surface area contributed by atoms with E-state index in [9.17, 15) is 4.39 Å². The van der Waals surface area contributed by atoms with Crippen LogP contribution in [0.4, 0.5) is 4.39 Å². The second-order valence-electron chi connectivity index (χ2n) is 3.08. The van der Waals surface area contributed by atoms with Crippen LogP contribution in [0, 0.1) is 5.82 Å². The van der Waals surface area contributed by atoms with Crippen molar-refractivity contribution in [2.45, 2.75) is 19.4 Å². The molecular formula is C8H12ClFN2. The van der Waals surface area contributed by atoms with Crippen LogP contribution in [-0.2, 0) is 5.54 Å². The van der Waals surface area contributed by atoms with Crippen molar-refractivity contribution in [3.05, 3.63) is 29.8 Å². The Bertz CT molecular complexity index is 257. The van der Waals surface area contributed by atoms with Gasteiger partial charge >= 0.3 is 0 Å². The Kier molecular flexibility index (Phi) is 3.61. The van der Waals surface area contributed by atoms with Crippen molar-refractivity contribution in [2.75, 3.05) is 0 Å². The quantitative estimate of drug-likeness (QED) is 0.734. The van der Waals surface area contributed by atoms with E-state index in [1.165, 1.54) is 12.4 Å². The van der Waals surface area contributed by atoms with Crippen molar-refractivity contribution in [3.63, 3.8) is 0 Å². The van der Waals surface area contributed by atoms with Gasteiger partial charge in [-0.05, 0) is 19.9 Å². The lowest BCUT2D eigenvalue weighted by Gasteiger charge is -2.18. The number of pyridine rings is 1. The zero-order valence-electron chi connectivity index (χ0n) is 7.04. The van der Waals surface area contributed by atoms with Gasteiger partial charge in [-0.25, -0.2) is 4.39 Å². The number of halogens is 2. The summed E-state index contributed by atoms with van der Waals surface area (Å²) in [6.07, 6.45) is 2.71. The summed E-state index contributed by atoms with van der Waals surface area (Å²) in [5, 5.41) is 0. The molecule has 1 rings (SSSR count). The zero-order valence-corrected chi connectivity index (χ0v) is 7.86. The van der Waals surface area contributed by atoms with E-state index in [-0.39, 0.29) is 18.2 Å². The molecule has 0 bridgehead atoms. The molecule has 1 aromatic rings. The van der Waals surface area contributed by atoms with Gasteiger partial charge in [0.2, 0.25) is 0 Å². The number of hydrogen-bond acceptors (Lipinski definition) is 2. The summed E-state index contributed by atoms with van der Waals surface area (Å²) in [4.78, 5) is 3.63. The lowest BCUT2D eigenvalue weighted by atomic mass is 9.97. The van der Waals surface area contributed by atoms with Crippen LogP contribution in [0.15, 0.2) is 18.5 Å². The van der Waals surface area contributed by atoms with Crippen LogP contribution in [0.25, 0.3) is 0 Å². The third-order valence-electron chi connectivity index (χ3n) is 1.47. The molecule has 0 radical (unpaired) electrons. The van der Waals surface area contributed by atoms with Gasteiger partial charge in [-0.2, -0.15) is 0 Å². The van der Waals surface area contributed by atoms with Crippen LogP contribution < -0.4 is 5.73 Å². The average molecular weight is 191 g/mol. The third-order valence-corrected chi connectivity index (χ3v) is 1.47. The number of nitrogens with zero attached hydrogens (tertiary/aromatic N) is 1. The molecule has 0 atom stereocenters. The fraction of sp³-hybridized carbons (Fsp3) is 0.375. The molecule has 12 heavy (non-hydrogen) atoms. The first kappa shape index (κ1) is 11.3. The van der Waals surface area contributed by atoms with Crippen LogP contribution in [0.1, 0.15) is 19.4 Å². The van der Waals surface area contributed by atoms with Gasteiger partial charge in [0.05, 0.1) is 6.20 Å². The summed E-state index contributed by atoms with van der Waals surface area (Å²) in [5.74, 6) is -0.347. The number of hydrogen-bond donors (Lipinski definition) is 1. The van der Waals surface area contributed by atoms with Gasteiger partial charge < -0.3 is 5.73 Å². The van der Waals surface area contributed by atoms with Crippen LogP contribution in [0.5, 0.6) is 0 Å². The van der Waals surface area contributed by atoms with Crippen LogP contribution in [0.3, 0.4) is 0 Å². The van der Waals surface area contributed by atoms with Crippen LogP contribution in [0.2, 0.25) is 0 Å². The Balaban J connectivity index is 0.00000121. The SMILES string of the molecule is CC(C)(N)c1ccncc1F.Cl.